The Hall–Kier alpha value is -2.53. The Morgan fingerprint density at radius 1 is 1.19 bits per heavy atom. The maximum atomic E-state index is 12.3. The highest BCUT2D eigenvalue weighted by atomic mass is 16.6. The summed E-state index contributed by atoms with van der Waals surface area (Å²) in [4.78, 5) is 35.6. The normalized spacial score (nSPS) is 27.3. The van der Waals surface area contributed by atoms with E-state index in [0.717, 1.165) is 5.56 Å². The molecule has 6 N–H and O–H groups in total. The van der Waals surface area contributed by atoms with E-state index in [-0.39, 0.29) is 12.8 Å². The van der Waals surface area contributed by atoms with Crippen LogP contribution < -0.4 is 5.32 Å². The van der Waals surface area contributed by atoms with E-state index in [1.165, 1.54) is 6.92 Å². The van der Waals surface area contributed by atoms with Gasteiger partial charge in [0.2, 0.25) is 5.91 Å². The molecule has 1 aromatic carbocycles. The SMILES string of the molecule is CC(=O)N[C@@H]1[C@@H](CC(=O)O)C[C@](CCCc2ccccc2)(C(=O)O)O[C@H]1[C@H](O)[C@H](O)CO. The van der Waals surface area contributed by atoms with E-state index in [2.05, 4.69) is 5.32 Å². The lowest BCUT2D eigenvalue weighted by Gasteiger charge is -2.48. The number of aliphatic hydroxyl groups is 3. The molecule has 1 aliphatic heterocycles. The molecule has 1 fully saturated rings. The molecule has 0 aromatic heterocycles. The molecule has 0 bridgehead atoms. The third-order valence-electron chi connectivity index (χ3n) is 5.82. The minimum atomic E-state index is -1.83. The smallest absolute Gasteiger partial charge is 0.335 e. The molecule has 10 nitrogen and oxygen atoms in total. The predicted molar refractivity (Wildman–Crippen MR) is 112 cm³/mol. The third kappa shape index (κ3) is 6.49. The van der Waals surface area contributed by atoms with Crippen LogP contribution >= 0.6 is 0 Å². The molecule has 178 valence electrons. The second-order valence-corrected chi connectivity index (χ2v) is 8.25. The van der Waals surface area contributed by atoms with Gasteiger partial charge >= 0.3 is 11.9 Å². The van der Waals surface area contributed by atoms with Crippen molar-refractivity contribution in [1.29, 1.82) is 0 Å². The van der Waals surface area contributed by atoms with Gasteiger partial charge in [-0.1, -0.05) is 30.3 Å². The molecule has 0 saturated carbocycles. The molecule has 0 unspecified atom stereocenters. The molecule has 32 heavy (non-hydrogen) atoms. The number of hydrogen-bond donors (Lipinski definition) is 6. The number of rotatable bonds is 11. The highest BCUT2D eigenvalue weighted by molar-refractivity contribution is 5.78. The Balaban J connectivity index is 2.36. The maximum Gasteiger partial charge on any atom is 0.335 e. The summed E-state index contributed by atoms with van der Waals surface area (Å²) in [7, 11) is 0. The molecule has 1 saturated heterocycles. The Labute approximate surface area is 185 Å². The number of aliphatic hydroxyl groups excluding tert-OH is 3. The molecule has 0 spiro atoms. The van der Waals surface area contributed by atoms with Crippen molar-refractivity contribution in [3.05, 3.63) is 35.9 Å². The van der Waals surface area contributed by atoms with Crippen LogP contribution in [0.2, 0.25) is 0 Å². The van der Waals surface area contributed by atoms with Gasteiger partial charge in [-0.05, 0) is 37.2 Å². The van der Waals surface area contributed by atoms with Crippen LogP contribution in [0.4, 0.5) is 0 Å². The third-order valence-corrected chi connectivity index (χ3v) is 5.82. The minimum Gasteiger partial charge on any atom is -0.481 e. The van der Waals surface area contributed by atoms with Crippen molar-refractivity contribution >= 4 is 17.8 Å². The summed E-state index contributed by atoms with van der Waals surface area (Å²) in [5.74, 6) is -3.94. The van der Waals surface area contributed by atoms with E-state index < -0.39 is 66.7 Å². The van der Waals surface area contributed by atoms with Crippen LogP contribution in [0, 0.1) is 5.92 Å². The van der Waals surface area contributed by atoms with E-state index in [0.29, 0.717) is 12.8 Å². The minimum absolute atomic E-state index is 0.0264. The number of aliphatic carboxylic acids is 2. The summed E-state index contributed by atoms with van der Waals surface area (Å²) in [5, 5.41) is 51.8. The van der Waals surface area contributed by atoms with E-state index in [1.807, 2.05) is 30.3 Å². The van der Waals surface area contributed by atoms with E-state index in [1.54, 1.807) is 0 Å². The molecule has 1 aliphatic rings. The Morgan fingerprint density at radius 3 is 2.38 bits per heavy atom. The number of benzene rings is 1. The van der Waals surface area contributed by atoms with Crippen LogP contribution in [0.1, 0.15) is 38.2 Å². The summed E-state index contributed by atoms with van der Waals surface area (Å²) >= 11 is 0. The number of aryl methyl sites for hydroxylation is 1. The first-order valence-corrected chi connectivity index (χ1v) is 10.5. The number of carboxylic acid groups (broad SMARTS) is 2. The Kier molecular flexibility index (Phi) is 9.14. The first-order chi connectivity index (χ1) is 15.1. The van der Waals surface area contributed by atoms with Gasteiger partial charge in [0.15, 0.2) is 5.60 Å². The lowest BCUT2D eigenvalue weighted by atomic mass is 9.74. The molecule has 0 aliphatic carbocycles. The summed E-state index contributed by atoms with van der Waals surface area (Å²) in [5.41, 5.74) is -0.834. The highest BCUT2D eigenvalue weighted by Crippen LogP contribution is 2.40. The molecular formula is C22H31NO9. The second-order valence-electron chi connectivity index (χ2n) is 8.25. The fourth-order valence-corrected chi connectivity index (χ4v) is 4.30. The largest absolute Gasteiger partial charge is 0.481 e. The second kappa shape index (κ2) is 11.4. The first-order valence-electron chi connectivity index (χ1n) is 10.5. The van der Waals surface area contributed by atoms with Crippen LogP contribution in [-0.4, -0.2) is 79.9 Å². The van der Waals surface area contributed by atoms with Crippen molar-refractivity contribution in [2.24, 2.45) is 5.92 Å². The Bertz CT molecular complexity index is 787. The van der Waals surface area contributed by atoms with Gasteiger partial charge in [0.25, 0.3) is 0 Å². The van der Waals surface area contributed by atoms with Crippen molar-refractivity contribution in [3.63, 3.8) is 0 Å². The zero-order valence-electron chi connectivity index (χ0n) is 17.9. The molecule has 6 atom stereocenters. The van der Waals surface area contributed by atoms with Crippen LogP contribution in [0.15, 0.2) is 30.3 Å². The van der Waals surface area contributed by atoms with Gasteiger partial charge in [0, 0.05) is 6.92 Å². The van der Waals surface area contributed by atoms with Gasteiger partial charge in [-0.2, -0.15) is 0 Å². The molecule has 1 heterocycles. The van der Waals surface area contributed by atoms with Gasteiger partial charge < -0.3 is 35.6 Å². The molecule has 10 heteroatoms. The van der Waals surface area contributed by atoms with Gasteiger partial charge in [-0.25, -0.2) is 4.79 Å². The van der Waals surface area contributed by atoms with Crippen LogP contribution in [0.5, 0.6) is 0 Å². The number of carbonyl (C=O) groups excluding carboxylic acids is 1. The number of hydrogen-bond acceptors (Lipinski definition) is 7. The summed E-state index contributed by atoms with van der Waals surface area (Å²) in [6, 6.07) is 8.33. The topological polar surface area (TPSA) is 174 Å². The zero-order valence-corrected chi connectivity index (χ0v) is 17.9. The fourth-order valence-electron chi connectivity index (χ4n) is 4.30. The van der Waals surface area contributed by atoms with Gasteiger partial charge in [-0.3, -0.25) is 9.59 Å². The zero-order chi connectivity index (χ0) is 23.9. The highest BCUT2D eigenvalue weighted by Gasteiger charge is 2.54. The van der Waals surface area contributed by atoms with Crippen molar-refractivity contribution < 1.29 is 44.7 Å². The average Bonchev–Trinajstić information content (AvgIpc) is 2.74. The number of ether oxygens (including phenoxy) is 1. The first kappa shape index (κ1) is 25.7. The van der Waals surface area contributed by atoms with E-state index in [9.17, 15) is 39.9 Å². The van der Waals surface area contributed by atoms with Gasteiger partial charge in [0.1, 0.15) is 18.3 Å². The predicted octanol–water partition coefficient (Wildman–Crippen LogP) is -0.0687. The lowest BCUT2D eigenvalue weighted by Crippen LogP contribution is -2.65. The molecule has 2 rings (SSSR count). The Morgan fingerprint density at radius 2 is 1.84 bits per heavy atom. The molecule has 1 amide bonds. The van der Waals surface area contributed by atoms with Gasteiger partial charge in [0.05, 0.1) is 19.1 Å². The molecular weight excluding hydrogens is 422 g/mol. The van der Waals surface area contributed by atoms with Crippen LogP contribution in [0.3, 0.4) is 0 Å². The monoisotopic (exact) mass is 453 g/mol. The standard InChI is InChI=1S/C22H31NO9/c1-13(25)23-18-15(10-17(27)28)11-22(21(30)31,32-20(18)19(29)16(26)12-24)9-5-8-14-6-3-2-4-7-14/h2-4,6-7,15-16,18-20,24,26,29H,5,8-12H2,1H3,(H,23,25)(H,27,28)(H,30,31)/t15-,16+,18+,19+,20+,22+/m0/s1. The van der Waals surface area contributed by atoms with Gasteiger partial charge in [-0.15, -0.1) is 0 Å². The van der Waals surface area contributed by atoms with Crippen molar-refractivity contribution in [3.8, 4) is 0 Å². The van der Waals surface area contributed by atoms with Crippen LogP contribution in [0.25, 0.3) is 0 Å². The number of carboxylic acids is 2. The number of carbonyl (C=O) groups is 3. The molecule has 1 aromatic rings. The quantitative estimate of drug-likeness (QED) is 0.268. The number of amides is 1. The average molecular weight is 453 g/mol. The van der Waals surface area contributed by atoms with E-state index >= 15 is 0 Å². The lowest BCUT2D eigenvalue weighted by molar-refractivity contribution is -0.224. The van der Waals surface area contributed by atoms with Crippen molar-refractivity contribution in [2.75, 3.05) is 6.61 Å². The maximum absolute atomic E-state index is 12.3. The van der Waals surface area contributed by atoms with Crippen molar-refractivity contribution in [2.45, 2.75) is 69.0 Å². The summed E-state index contributed by atoms with van der Waals surface area (Å²) in [6.07, 6.45) is -4.54. The fraction of sp³-hybridized carbons (Fsp3) is 0.591. The summed E-state index contributed by atoms with van der Waals surface area (Å²) < 4.78 is 5.86. The number of nitrogens with one attached hydrogen (secondary N) is 1. The summed E-state index contributed by atoms with van der Waals surface area (Å²) in [6.45, 7) is 0.369. The van der Waals surface area contributed by atoms with E-state index in [4.69, 9.17) is 4.74 Å². The van der Waals surface area contributed by atoms with Crippen molar-refractivity contribution in [1.82, 2.24) is 5.32 Å². The van der Waals surface area contributed by atoms with Crippen LogP contribution in [-0.2, 0) is 25.5 Å². The molecule has 0 radical (unpaired) electrons.